The van der Waals surface area contributed by atoms with Crippen LogP contribution in [0.3, 0.4) is 0 Å². The molecule has 1 aromatic rings. The highest BCUT2D eigenvalue weighted by atomic mass is 16.5. The summed E-state index contributed by atoms with van der Waals surface area (Å²) >= 11 is 0. The second kappa shape index (κ2) is 8.04. The quantitative estimate of drug-likeness (QED) is 0.635. The molecule has 2 N–H and O–H groups in total. The molecule has 24 heavy (non-hydrogen) atoms. The smallest absolute Gasteiger partial charge is 0.239 e. The van der Waals surface area contributed by atoms with Crippen LogP contribution in [0.4, 0.5) is 0 Å². The van der Waals surface area contributed by atoms with Gasteiger partial charge in [0.2, 0.25) is 5.91 Å². The molecular formula is C18H28N4O2. The molecule has 132 valence electrons. The lowest BCUT2D eigenvalue weighted by Crippen LogP contribution is -2.45. The van der Waals surface area contributed by atoms with E-state index in [1.807, 2.05) is 24.3 Å². The zero-order chi connectivity index (χ0) is 17.6. The molecule has 1 aliphatic rings. The molecule has 1 amide bonds. The normalized spacial score (nSPS) is 16.8. The van der Waals surface area contributed by atoms with Gasteiger partial charge in [0.1, 0.15) is 5.75 Å². The van der Waals surface area contributed by atoms with E-state index in [0.717, 1.165) is 36.8 Å². The molecule has 6 heteroatoms. The van der Waals surface area contributed by atoms with E-state index >= 15 is 0 Å². The van der Waals surface area contributed by atoms with E-state index in [0.29, 0.717) is 12.0 Å². The maximum absolute atomic E-state index is 12.0. The molecule has 0 spiro atoms. The number of likely N-dealkylation sites (tertiary alicyclic amines) is 1. The first-order valence-electron chi connectivity index (χ1n) is 8.29. The van der Waals surface area contributed by atoms with Crippen LogP contribution >= 0.6 is 0 Å². The van der Waals surface area contributed by atoms with Crippen LogP contribution in [0, 0.1) is 5.41 Å². The second-order valence-corrected chi connectivity index (χ2v) is 6.86. The van der Waals surface area contributed by atoms with Crippen molar-refractivity contribution >= 4 is 11.9 Å². The topological polar surface area (TPSA) is 66.0 Å². The molecule has 0 atom stereocenters. The molecule has 0 radical (unpaired) electrons. The molecule has 0 aliphatic carbocycles. The fraction of sp³-hybridized carbons (Fsp3) is 0.556. The number of carbonyl (C=O) groups is 1. The lowest BCUT2D eigenvalue weighted by atomic mass is 9.93. The van der Waals surface area contributed by atoms with E-state index < -0.39 is 0 Å². The Balaban J connectivity index is 1.75. The fourth-order valence-electron chi connectivity index (χ4n) is 2.79. The summed E-state index contributed by atoms with van der Waals surface area (Å²) in [6.07, 6.45) is 1.14. The number of benzene rings is 1. The van der Waals surface area contributed by atoms with Crippen molar-refractivity contribution in [3.8, 4) is 5.75 Å². The molecule has 0 unspecified atom stereocenters. The summed E-state index contributed by atoms with van der Waals surface area (Å²) in [5.74, 6) is 1.55. The summed E-state index contributed by atoms with van der Waals surface area (Å²) in [5.41, 5.74) is 1.34. The van der Waals surface area contributed by atoms with Crippen molar-refractivity contribution in [3.63, 3.8) is 0 Å². The lowest BCUT2D eigenvalue weighted by molar-refractivity contribution is -0.120. The Bertz CT molecular complexity index is 581. The van der Waals surface area contributed by atoms with Gasteiger partial charge in [-0.25, -0.2) is 0 Å². The highest BCUT2D eigenvalue weighted by Gasteiger charge is 2.30. The number of guanidine groups is 1. The Morgan fingerprint density at radius 2 is 2.00 bits per heavy atom. The van der Waals surface area contributed by atoms with Crippen molar-refractivity contribution in [1.82, 2.24) is 15.5 Å². The van der Waals surface area contributed by atoms with E-state index in [4.69, 9.17) is 4.74 Å². The van der Waals surface area contributed by atoms with Gasteiger partial charge >= 0.3 is 0 Å². The molecule has 1 aliphatic heterocycles. The third-order valence-corrected chi connectivity index (χ3v) is 4.24. The van der Waals surface area contributed by atoms with Crippen molar-refractivity contribution < 1.29 is 9.53 Å². The van der Waals surface area contributed by atoms with Crippen LogP contribution in [-0.2, 0) is 11.3 Å². The Morgan fingerprint density at radius 1 is 1.29 bits per heavy atom. The summed E-state index contributed by atoms with van der Waals surface area (Å²) in [6, 6.07) is 7.66. The Morgan fingerprint density at radius 3 is 2.54 bits per heavy atom. The predicted octanol–water partition coefficient (Wildman–Crippen LogP) is 1.62. The van der Waals surface area contributed by atoms with Gasteiger partial charge in [0.25, 0.3) is 0 Å². The minimum absolute atomic E-state index is 0.0505. The molecule has 1 heterocycles. The molecule has 0 aromatic heterocycles. The van der Waals surface area contributed by atoms with Crippen molar-refractivity contribution in [3.05, 3.63) is 29.8 Å². The Kier molecular flexibility index (Phi) is 6.06. The number of nitrogens with one attached hydrogen (secondary N) is 2. The number of rotatable bonds is 5. The van der Waals surface area contributed by atoms with Crippen molar-refractivity contribution in [2.45, 2.75) is 26.8 Å². The van der Waals surface area contributed by atoms with Gasteiger partial charge in [-0.2, -0.15) is 0 Å². The van der Waals surface area contributed by atoms with Crippen LogP contribution in [0.5, 0.6) is 5.75 Å². The van der Waals surface area contributed by atoms with Gasteiger partial charge < -0.3 is 20.3 Å². The zero-order valence-corrected chi connectivity index (χ0v) is 15.1. The fourth-order valence-corrected chi connectivity index (χ4v) is 2.79. The van der Waals surface area contributed by atoms with Crippen LogP contribution in [-0.4, -0.2) is 50.6 Å². The first-order valence-corrected chi connectivity index (χ1v) is 8.29. The second-order valence-electron chi connectivity index (χ2n) is 6.86. The summed E-state index contributed by atoms with van der Waals surface area (Å²) in [4.78, 5) is 18.5. The van der Waals surface area contributed by atoms with Gasteiger partial charge in [-0.3, -0.25) is 9.79 Å². The van der Waals surface area contributed by atoms with E-state index in [1.165, 1.54) is 0 Å². The minimum atomic E-state index is -0.0505. The van der Waals surface area contributed by atoms with Gasteiger partial charge in [-0.15, -0.1) is 0 Å². The summed E-state index contributed by atoms with van der Waals surface area (Å²) in [5, 5.41) is 6.05. The van der Waals surface area contributed by atoms with Gasteiger partial charge in [-0.05, 0) is 29.5 Å². The average molecular weight is 332 g/mol. The lowest BCUT2D eigenvalue weighted by Gasteiger charge is -2.23. The van der Waals surface area contributed by atoms with Crippen LogP contribution in [0.2, 0.25) is 0 Å². The van der Waals surface area contributed by atoms with Gasteiger partial charge in [0.15, 0.2) is 5.96 Å². The SMILES string of the molecule is CN=C(NCC(=O)NCc1ccc(OC)cc1)N1CCC(C)(C)C1. The van der Waals surface area contributed by atoms with E-state index in [1.54, 1.807) is 14.2 Å². The van der Waals surface area contributed by atoms with E-state index in [9.17, 15) is 4.79 Å². The van der Waals surface area contributed by atoms with Gasteiger partial charge in [0.05, 0.1) is 13.7 Å². The highest BCUT2D eigenvalue weighted by molar-refractivity contribution is 5.86. The minimum Gasteiger partial charge on any atom is -0.497 e. The first kappa shape index (κ1) is 18.1. The third kappa shape index (κ3) is 5.15. The maximum atomic E-state index is 12.0. The number of hydrogen-bond acceptors (Lipinski definition) is 3. The van der Waals surface area contributed by atoms with Crippen LogP contribution in [0.25, 0.3) is 0 Å². The number of nitrogens with zero attached hydrogens (tertiary/aromatic N) is 2. The number of aliphatic imine (C=N–C) groups is 1. The van der Waals surface area contributed by atoms with Crippen molar-refractivity contribution in [2.75, 3.05) is 33.8 Å². The zero-order valence-electron chi connectivity index (χ0n) is 15.1. The maximum Gasteiger partial charge on any atom is 0.239 e. The van der Waals surface area contributed by atoms with Crippen LogP contribution in [0.15, 0.2) is 29.3 Å². The van der Waals surface area contributed by atoms with Gasteiger partial charge in [-0.1, -0.05) is 26.0 Å². The Hall–Kier alpha value is -2.24. The number of ether oxygens (including phenoxy) is 1. The van der Waals surface area contributed by atoms with Crippen molar-refractivity contribution in [2.24, 2.45) is 10.4 Å². The van der Waals surface area contributed by atoms with Crippen molar-refractivity contribution in [1.29, 1.82) is 0 Å². The molecular weight excluding hydrogens is 304 g/mol. The summed E-state index contributed by atoms with van der Waals surface area (Å²) in [6.45, 7) is 7.16. The van der Waals surface area contributed by atoms with Gasteiger partial charge in [0, 0.05) is 26.7 Å². The molecule has 1 fully saturated rings. The molecule has 0 saturated carbocycles. The Labute approximate surface area is 144 Å². The summed E-state index contributed by atoms with van der Waals surface area (Å²) < 4.78 is 5.12. The monoisotopic (exact) mass is 332 g/mol. The van der Waals surface area contributed by atoms with E-state index in [2.05, 4.69) is 34.4 Å². The predicted molar refractivity (Wildman–Crippen MR) is 96.2 cm³/mol. The molecule has 0 bridgehead atoms. The molecule has 1 aromatic carbocycles. The molecule has 6 nitrogen and oxygen atoms in total. The summed E-state index contributed by atoms with van der Waals surface area (Å²) in [7, 11) is 3.39. The largest absolute Gasteiger partial charge is 0.497 e. The highest BCUT2D eigenvalue weighted by Crippen LogP contribution is 2.28. The first-order chi connectivity index (χ1) is 11.4. The van der Waals surface area contributed by atoms with E-state index in [-0.39, 0.29) is 12.5 Å². The average Bonchev–Trinajstić information content (AvgIpc) is 2.94. The molecule has 1 saturated heterocycles. The number of methoxy groups -OCH3 is 1. The number of amides is 1. The number of carbonyl (C=O) groups excluding carboxylic acids is 1. The standard InChI is InChI=1S/C18H28N4O2/c1-18(2)9-10-22(13-18)17(19-3)21-12-16(23)20-11-14-5-7-15(24-4)8-6-14/h5-8H,9-13H2,1-4H3,(H,19,21)(H,20,23). The number of hydrogen-bond donors (Lipinski definition) is 2. The third-order valence-electron chi connectivity index (χ3n) is 4.24. The van der Waals surface area contributed by atoms with Crippen LogP contribution < -0.4 is 15.4 Å². The molecule has 2 rings (SSSR count). The van der Waals surface area contributed by atoms with Crippen LogP contribution in [0.1, 0.15) is 25.8 Å².